The maximum atomic E-state index is 12.9. The lowest BCUT2D eigenvalue weighted by Gasteiger charge is -2.35. The van der Waals surface area contributed by atoms with Gasteiger partial charge >= 0.3 is 18.5 Å². The number of aromatic nitrogens is 3. The van der Waals surface area contributed by atoms with Crippen LogP contribution in [0.2, 0.25) is 0 Å². The van der Waals surface area contributed by atoms with Crippen molar-refractivity contribution in [2.45, 2.75) is 145 Å². The number of carbonyl (C=O) groups excluding carboxylic acids is 1. The molecule has 0 atom stereocenters. The number of halogens is 12. The predicted octanol–water partition coefficient (Wildman–Crippen LogP) is 15.0. The second-order valence-corrected chi connectivity index (χ2v) is 24.2. The molecule has 0 aliphatic heterocycles. The number of rotatable bonds is 17. The molecular formula is C56H70F9I3N8O3. The molecule has 3 aromatic carbocycles. The molecule has 0 bridgehead atoms. The highest BCUT2D eigenvalue weighted by Crippen LogP contribution is 2.37. The number of hydrogen-bond acceptors (Lipinski definition) is 8. The summed E-state index contributed by atoms with van der Waals surface area (Å²) in [5, 5.41) is 13.1. The third-order valence-corrected chi connectivity index (χ3v) is 17.9. The summed E-state index contributed by atoms with van der Waals surface area (Å²) in [6, 6.07) is 24.0. The Hall–Kier alpha value is -3.25. The number of hydrogen-bond donors (Lipinski definition) is 3. The summed E-state index contributed by atoms with van der Waals surface area (Å²) in [5.41, 5.74) is 4.50. The standard InChI is InChI=1S/2C20H27F3IN3O.C16H16F3IN2O/c2*1-26(10-11-28-2)15-8-6-14(7-9-15)25-17-4-3-5-18-16(17)12-19(24)27(18)13-20(21,22)23;17-16(18,19)9-22-14-3-1-2-13(12(14)8-15(22)20)21-10-4-6-11(23)7-5-10/h2*3-5,12,14-15,25H,6-11,13H2,1-2H3;1-3,8,10,21H,4-7,9H2. The van der Waals surface area contributed by atoms with Crippen LogP contribution in [-0.4, -0.2) is 133 Å². The van der Waals surface area contributed by atoms with E-state index in [2.05, 4.69) is 39.8 Å². The quantitative estimate of drug-likeness (QED) is 0.0614. The van der Waals surface area contributed by atoms with Gasteiger partial charge in [-0.05, 0) is 201 Å². The summed E-state index contributed by atoms with van der Waals surface area (Å²) >= 11 is 5.90. The molecule has 3 saturated carbocycles. The van der Waals surface area contributed by atoms with Crippen molar-refractivity contribution in [3.8, 4) is 0 Å². The number of nitrogens with one attached hydrogen (secondary N) is 3. The number of methoxy groups -OCH3 is 2. The number of ether oxygens (including phenoxy) is 2. The predicted molar refractivity (Wildman–Crippen MR) is 321 cm³/mol. The van der Waals surface area contributed by atoms with E-state index in [9.17, 15) is 44.3 Å². The van der Waals surface area contributed by atoms with Gasteiger partial charge in [0.25, 0.3) is 0 Å². The highest BCUT2D eigenvalue weighted by molar-refractivity contribution is 14.1. The topological polar surface area (TPSA) is 92.9 Å². The molecular weight excluding hydrogens is 1380 g/mol. The van der Waals surface area contributed by atoms with E-state index in [1.807, 2.05) is 110 Å². The highest BCUT2D eigenvalue weighted by atomic mass is 127. The average Bonchev–Trinajstić information content (AvgIpc) is 4.10. The number of carbonyl (C=O) groups is 1. The fourth-order valence-corrected chi connectivity index (χ4v) is 13.3. The lowest BCUT2D eigenvalue weighted by atomic mass is 9.90. The van der Waals surface area contributed by atoms with Gasteiger partial charge in [0, 0.05) is 104 Å². The third-order valence-electron chi connectivity index (χ3n) is 15.3. The lowest BCUT2D eigenvalue weighted by molar-refractivity contribution is -0.141. The molecule has 3 N–H and O–H groups in total. The molecule has 9 rings (SSSR count). The van der Waals surface area contributed by atoms with Crippen molar-refractivity contribution in [3.63, 3.8) is 0 Å². The lowest BCUT2D eigenvalue weighted by Crippen LogP contribution is -2.39. The first-order valence-corrected chi connectivity index (χ1v) is 29.9. The molecule has 3 aliphatic rings. The molecule has 3 aliphatic carbocycles. The van der Waals surface area contributed by atoms with Gasteiger partial charge in [-0.25, -0.2) is 0 Å². The maximum Gasteiger partial charge on any atom is 0.406 e. The molecule has 11 nitrogen and oxygen atoms in total. The Morgan fingerprint density at radius 1 is 0.494 bits per heavy atom. The molecule has 3 aromatic heterocycles. The minimum absolute atomic E-state index is 0.196. The van der Waals surface area contributed by atoms with Crippen LogP contribution < -0.4 is 16.0 Å². The number of Topliss-reactive ketones (excluding diaryl/α,β-unsaturated/α-hetero) is 1. The van der Waals surface area contributed by atoms with Crippen molar-refractivity contribution in [1.82, 2.24) is 23.5 Å². The van der Waals surface area contributed by atoms with Gasteiger partial charge < -0.3 is 48.9 Å². The molecule has 23 heteroatoms. The van der Waals surface area contributed by atoms with Crippen molar-refractivity contribution < 1.29 is 53.8 Å². The van der Waals surface area contributed by atoms with E-state index >= 15 is 0 Å². The third kappa shape index (κ3) is 18.1. The Morgan fingerprint density at radius 2 is 0.785 bits per heavy atom. The molecule has 0 radical (unpaired) electrons. The van der Waals surface area contributed by atoms with Crippen LogP contribution in [0.25, 0.3) is 32.7 Å². The van der Waals surface area contributed by atoms with Crippen LogP contribution in [0.3, 0.4) is 0 Å². The molecule has 3 fully saturated rings. The molecule has 0 unspecified atom stereocenters. The smallest absolute Gasteiger partial charge is 0.383 e. The molecule has 79 heavy (non-hydrogen) atoms. The number of anilines is 3. The molecule has 0 amide bonds. The van der Waals surface area contributed by atoms with E-state index in [4.69, 9.17) is 9.47 Å². The number of ketones is 1. The number of alkyl halides is 9. The van der Waals surface area contributed by atoms with Gasteiger partial charge in [0.1, 0.15) is 25.4 Å². The molecule has 436 valence electrons. The van der Waals surface area contributed by atoms with E-state index in [0.717, 1.165) is 124 Å². The SMILES string of the molecule is COCCN(C)C1CCC(Nc2cccc3c2cc(I)n3CC(F)(F)F)CC1.COCCN(C)C1CCC(Nc2cccc3c2cc(I)n3CC(F)(F)F)CC1.O=C1CCC(Nc2cccc3c2cc(I)n3CC(F)(F)F)CC1. The normalized spacial score (nSPS) is 19.7. The van der Waals surface area contributed by atoms with E-state index in [1.165, 1.54) is 13.7 Å². The van der Waals surface area contributed by atoms with Crippen molar-refractivity contribution in [1.29, 1.82) is 0 Å². The molecule has 3 heterocycles. The average molecular weight is 1450 g/mol. The Kier molecular flexibility index (Phi) is 22.7. The van der Waals surface area contributed by atoms with Gasteiger partial charge in [0.05, 0.1) is 40.9 Å². The number of fused-ring (bicyclic) bond motifs is 3. The Labute approximate surface area is 496 Å². The van der Waals surface area contributed by atoms with Crippen molar-refractivity contribution in [2.24, 2.45) is 0 Å². The van der Waals surface area contributed by atoms with Gasteiger partial charge in [-0.2, -0.15) is 39.5 Å². The van der Waals surface area contributed by atoms with E-state index in [0.29, 0.717) is 64.7 Å². The van der Waals surface area contributed by atoms with Gasteiger partial charge in [-0.3, -0.25) is 4.79 Å². The second-order valence-electron chi connectivity index (χ2n) is 20.9. The monoisotopic (exact) mass is 1450 g/mol. The van der Waals surface area contributed by atoms with Crippen LogP contribution in [0, 0.1) is 11.1 Å². The van der Waals surface area contributed by atoms with Gasteiger partial charge in [-0.15, -0.1) is 0 Å². The van der Waals surface area contributed by atoms with E-state index < -0.39 is 38.2 Å². The van der Waals surface area contributed by atoms with Crippen LogP contribution >= 0.6 is 67.8 Å². The van der Waals surface area contributed by atoms with Crippen molar-refractivity contribution in [2.75, 3.05) is 70.6 Å². The van der Waals surface area contributed by atoms with Crippen molar-refractivity contribution in [3.05, 3.63) is 83.9 Å². The first-order chi connectivity index (χ1) is 37.4. The maximum absolute atomic E-state index is 12.9. The molecule has 0 saturated heterocycles. The van der Waals surface area contributed by atoms with Crippen LogP contribution in [0.5, 0.6) is 0 Å². The number of likely N-dealkylation sites (N-methyl/N-ethyl adjacent to an activating group) is 2. The summed E-state index contributed by atoms with van der Waals surface area (Å²) in [4.78, 5) is 16.0. The second kappa shape index (κ2) is 28.4. The first-order valence-electron chi connectivity index (χ1n) is 26.6. The highest BCUT2D eigenvalue weighted by Gasteiger charge is 2.33. The van der Waals surface area contributed by atoms with Crippen LogP contribution in [-0.2, 0) is 33.9 Å². The van der Waals surface area contributed by atoms with Gasteiger partial charge in [0.15, 0.2) is 0 Å². The van der Waals surface area contributed by atoms with E-state index in [-0.39, 0.29) is 11.8 Å². The molecule has 0 spiro atoms. The Morgan fingerprint density at radius 3 is 1.06 bits per heavy atom. The molecule has 6 aromatic rings. The van der Waals surface area contributed by atoms with Crippen LogP contribution in [0.4, 0.5) is 56.6 Å². The van der Waals surface area contributed by atoms with Crippen LogP contribution in [0.15, 0.2) is 72.8 Å². The zero-order valence-corrected chi connectivity index (χ0v) is 51.2. The summed E-state index contributed by atoms with van der Waals surface area (Å²) < 4.78 is 132. The fraction of sp³-hybridized carbons (Fsp3) is 0.554. The number of benzene rings is 3. The summed E-state index contributed by atoms with van der Waals surface area (Å²) in [6.45, 7) is 0.437. The summed E-state index contributed by atoms with van der Waals surface area (Å²) in [5.74, 6) is 0.284. The fourth-order valence-electron chi connectivity index (χ4n) is 11.1. The minimum Gasteiger partial charge on any atom is -0.383 e. The Balaban J connectivity index is 0.000000172. The largest absolute Gasteiger partial charge is 0.406 e. The van der Waals surface area contributed by atoms with Crippen molar-refractivity contribution >= 4 is 123 Å². The van der Waals surface area contributed by atoms with E-state index in [1.54, 1.807) is 44.6 Å². The minimum atomic E-state index is -4.25. The zero-order valence-electron chi connectivity index (χ0n) is 44.7. The summed E-state index contributed by atoms with van der Waals surface area (Å²) in [6.07, 6.45) is -1.37. The number of nitrogens with zero attached hydrogens (tertiary/aromatic N) is 5. The Bertz CT molecular complexity index is 2780. The van der Waals surface area contributed by atoms with Gasteiger partial charge in [0.2, 0.25) is 0 Å². The zero-order chi connectivity index (χ0) is 57.2. The first kappa shape index (κ1) is 63.3. The van der Waals surface area contributed by atoms with Gasteiger partial charge in [-0.1, -0.05) is 18.2 Å². The van der Waals surface area contributed by atoms with Crippen LogP contribution in [0.1, 0.15) is 77.0 Å². The summed E-state index contributed by atoms with van der Waals surface area (Å²) in [7, 11) is 7.73.